The minimum atomic E-state index is -0.0671. The number of nitrogens with one attached hydrogen (secondary N) is 1. The fourth-order valence-electron chi connectivity index (χ4n) is 3.48. The van der Waals surface area contributed by atoms with Gasteiger partial charge in [0.05, 0.1) is 13.0 Å². The summed E-state index contributed by atoms with van der Waals surface area (Å²) in [7, 11) is 1.63. The molecule has 8 heteroatoms. The highest BCUT2D eigenvalue weighted by molar-refractivity contribution is 7.07. The largest absolute Gasteiger partial charge is 0.497 e. The van der Waals surface area contributed by atoms with Crippen molar-refractivity contribution < 1.29 is 14.1 Å². The maximum absolute atomic E-state index is 12.6. The highest BCUT2D eigenvalue weighted by Crippen LogP contribution is 2.25. The van der Waals surface area contributed by atoms with E-state index in [1.807, 2.05) is 29.2 Å². The molecule has 29 heavy (non-hydrogen) atoms. The number of aromatic nitrogens is 2. The van der Waals surface area contributed by atoms with Crippen LogP contribution >= 0.6 is 11.3 Å². The molecule has 1 aliphatic heterocycles. The summed E-state index contributed by atoms with van der Waals surface area (Å²) in [6.45, 7) is 2.06. The van der Waals surface area contributed by atoms with E-state index in [0.717, 1.165) is 37.1 Å². The van der Waals surface area contributed by atoms with E-state index < -0.39 is 0 Å². The van der Waals surface area contributed by atoms with Crippen molar-refractivity contribution in [2.24, 2.45) is 5.92 Å². The van der Waals surface area contributed by atoms with Gasteiger partial charge in [0.2, 0.25) is 11.7 Å². The van der Waals surface area contributed by atoms with Gasteiger partial charge in [-0.3, -0.25) is 4.79 Å². The van der Waals surface area contributed by atoms with Gasteiger partial charge < -0.3 is 19.5 Å². The van der Waals surface area contributed by atoms with Crippen molar-refractivity contribution in [1.29, 1.82) is 0 Å². The van der Waals surface area contributed by atoms with Crippen LogP contribution in [-0.4, -0.2) is 42.8 Å². The fraction of sp³-hybridized carbons (Fsp3) is 0.381. The number of methoxy groups -OCH3 is 1. The van der Waals surface area contributed by atoms with Crippen LogP contribution in [-0.2, 0) is 11.2 Å². The molecule has 0 unspecified atom stereocenters. The van der Waals surface area contributed by atoms with Crippen LogP contribution in [0.15, 0.2) is 45.6 Å². The SMILES string of the molecule is COc1ccc(-c2noc(N3CCC[C@H](C(=O)NCCc4ccsc4)C3)n2)cc1. The van der Waals surface area contributed by atoms with Crippen molar-refractivity contribution in [2.75, 3.05) is 31.6 Å². The summed E-state index contributed by atoms with van der Waals surface area (Å²) in [6.07, 6.45) is 2.66. The van der Waals surface area contributed by atoms with Crippen LogP contribution in [0, 0.1) is 5.92 Å². The molecular weight excluding hydrogens is 388 g/mol. The second kappa shape index (κ2) is 9.09. The van der Waals surface area contributed by atoms with E-state index in [1.165, 1.54) is 5.56 Å². The molecule has 1 amide bonds. The second-order valence-electron chi connectivity index (χ2n) is 7.09. The number of amides is 1. The van der Waals surface area contributed by atoms with Crippen LogP contribution in [0.5, 0.6) is 5.75 Å². The molecule has 4 rings (SSSR count). The summed E-state index contributed by atoms with van der Waals surface area (Å²) in [4.78, 5) is 19.1. The van der Waals surface area contributed by atoms with Gasteiger partial charge in [0.15, 0.2) is 0 Å². The Morgan fingerprint density at radius 1 is 1.34 bits per heavy atom. The molecule has 0 aliphatic carbocycles. The summed E-state index contributed by atoms with van der Waals surface area (Å²) in [5.74, 6) is 1.34. The third-order valence-corrected chi connectivity index (χ3v) is 5.85. The summed E-state index contributed by atoms with van der Waals surface area (Å²) >= 11 is 1.68. The lowest BCUT2D eigenvalue weighted by Crippen LogP contribution is -2.43. The monoisotopic (exact) mass is 412 g/mol. The van der Waals surface area contributed by atoms with Crippen LogP contribution in [0.25, 0.3) is 11.4 Å². The van der Waals surface area contributed by atoms with Gasteiger partial charge in [0.1, 0.15) is 5.75 Å². The van der Waals surface area contributed by atoms with Crippen LogP contribution in [0.4, 0.5) is 6.01 Å². The summed E-state index contributed by atoms with van der Waals surface area (Å²) in [6, 6.07) is 10.1. The molecule has 0 spiro atoms. The Morgan fingerprint density at radius 2 is 2.21 bits per heavy atom. The zero-order valence-electron chi connectivity index (χ0n) is 16.3. The number of thiophene rings is 1. The lowest BCUT2D eigenvalue weighted by atomic mass is 9.97. The molecule has 1 aliphatic rings. The molecule has 1 N–H and O–H groups in total. The number of hydrogen-bond acceptors (Lipinski definition) is 7. The number of rotatable bonds is 7. The molecule has 7 nitrogen and oxygen atoms in total. The zero-order chi connectivity index (χ0) is 20.1. The van der Waals surface area contributed by atoms with Crippen LogP contribution < -0.4 is 15.0 Å². The van der Waals surface area contributed by atoms with Crippen molar-refractivity contribution in [1.82, 2.24) is 15.5 Å². The zero-order valence-corrected chi connectivity index (χ0v) is 17.2. The molecule has 0 bridgehead atoms. The maximum atomic E-state index is 12.6. The Labute approximate surface area is 173 Å². The van der Waals surface area contributed by atoms with E-state index in [1.54, 1.807) is 18.4 Å². The van der Waals surface area contributed by atoms with Crippen molar-refractivity contribution in [2.45, 2.75) is 19.3 Å². The molecule has 3 aromatic rings. The number of benzene rings is 1. The molecule has 2 aromatic heterocycles. The van der Waals surface area contributed by atoms with Gasteiger partial charge in [-0.25, -0.2) is 0 Å². The first-order valence-corrected chi connectivity index (χ1v) is 10.7. The Morgan fingerprint density at radius 3 is 2.97 bits per heavy atom. The van der Waals surface area contributed by atoms with Gasteiger partial charge in [-0.05, 0) is 65.9 Å². The Kier molecular flexibility index (Phi) is 6.09. The smallest absolute Gasteiger partial charge is 0.324 e. The lowest BCUT2D eigenvalue weighted by molar-refractivity contribution is -0.125. The minimum Gasteiger partial charge on any atom is -0.497 e. The molecule has 152 valence electrons. The summed E-state index contributed by atoms with van der Waals surface area (Å²) < 4.78 is 10.7. The number of ether oxygens (including phenoxy) is 1. The first kappa shape index (κ1) is 19.4. The molecule has 1 aromatic carbocycles. The maximum Gasteiger partial charge on any atom is 0.324 e. The summed E-state index contributed by atoms with van der Waals surface area (Å²) in [5, 5.41) is 11.3. The predicted molar refractivity (Wildman–Crippen MR) is 112 cm³/mol. The molecule has 0 saturated carbocycles. The Bertz CT molecular complexity index is 924. The summed E-state index contributed by atoms with van der Waals surface area (Å²) in [5.41, 5.74) is 2.12. The molecule has 1 fully saturated rings. The second-order valence-corrected chi connectivity index (χ2v) is 7.87. The third-order valence-electron chi connectivity index (χ3n) is 5.12. The molecule has 3 heterocycles. The van der Waals surface area contributed by atoms with E-state index in [4.69, 9.17) is 9.26 Å². The number of carbonyl (C=O) groups is 1. The number of anilines is 1. The Balaban J connectivity index is 1.34. The van der Waals surface area contributed by atoms with E-state index in [9.17, 15) is 4.79 Å². The van der Waals surface area contributed by atoms with E-state index in [2.05, 4.69) is 32.3 Å². The van der Waals surface area contributed by atoms with Gasteiger partial charge in [0.25, 0.3) is 0 Å². The lowest BCUT2D eigenvalue weighted by Gasteiger charge is -2.30. The predicted octanol–water partition coefficient (Wildman–Crippen LogP) is 3.38. The van der Waals surface area contributed by atoms with Gasteiger partial charge in [-0.2, -0.15) is 16.3 Å². The standard InChI is InChI=1S/C21H24N4O3S/c1-27-18-6-4-16(5-7-18)19-23-21(28-24-19)25-11-2-3-17(13-25)20(26)22-10-8-15-9-12-29-14-15/h4-7,9,12,14,17H,2-3,8,10-11,13H2,1H3,(H,22,26)/t17-/m0/s1. The van der Waals surface area contributed by atoms with Crippen LogP contribution in [0.3, 0.4) is 0 Å². The van der Waals surface area contributed by atoms with Gasteiger partial charge in [-0.15, -0.1) is 0 Å². The van der Waals surface area contributed by atoms with Crippen molar-refractivity contribution >= 4 is 23.3 Å². The normalized spacial score (nSPS) is 16.6. The van der Waals surface area contributed by atoms with Crippen LogP contribution in [0.2, 0.25) is 0 Å². The van der Waals surface area contributed by atoms with Crippen molar-refractivity contribution in [3.8, 4) is 17.1 Å². The van der Waals surface area contributed by atoms with Crippen LogP contribution in [0.1, 0.15) is 18.4 Å². The first-order valence-electron chi connectivity index (χ1n) is 9.75. The molecule has 1 saturated heterocycles. The number of piperidine rings is 1. The number of carbonyl (C=O) groups excluding carboxylic acids is 1. The van der Waals surface area contributed by atoms with E-state index >= 15 is 0 Å². The Hall–Kier alpha value is -2.87. The molecular formula is C21H24N4O3S. The topological polar surface area (TPSA) is 80.5 Å². The number of hydrogen-bond donors (Lipinski definition) is 1. The van der Waals surface area contributed by atoms with Gasteiger partial charge in [-0.1, -0.05) is 5.16 Å². The average molecular weight is 413 g/mol. The highest BCUT2D eigenvalue weighted by Gasteiger charge is 2.28. The first-order chi connectivity index (χ1) is 14.2. The minimum absolute atomic E-state index is 0.0671. The van der Waals surface area contributed by atoms with Crippen molar-refractivity contribution in [3.63, 3.8) is 0 Å². The third kappa shape index (κ3) is 4.76. The average Bonchev–Trinajstić information content (AvgIpc) is 3.46. The quantitative estimate of drug-likeness (QED) is 0.641. The van der Waals surface area contributed by atoms with Gasteiger partial charge >= 0.3 is 6.01 Å². The van der Waals surface area contributed by atoms with Gasteiger partial charge in [0, 0.05) is 25.2 Å². The fourth-order valence-corrected chi connectivity index (χ4v) is 4.18. The molecule has 0 radical (unpaired) electrons. The van der Waals surface area contributed by atoms with E-state index in [-0.39, 0.29) is 11.8 Å². The number of nitrogens with zero attached hydrogens (tertiary/aromatic N) is 3. The van der Waals surface area contributed by atoms with Crippen molar-refractivity contribution in [3.05, 3.63) is 46.7 Å². The highest BCUT2D eigenvalue weighted by atomic mass is 32.1. The van der Waals surface area contributed by atoms with E-state index in [0.29, 0.717) is 24.9 Å². The molecule has 1 atom stereocenters.